The van der Waals surface area contributed by atoms with Crippen LogP contribution in [-0.2, 0) is 13.6 Å². The lowest BCUT2D eigenvalue weighted by atomic mass is 10.4. The van der Waals surface area contributed by atoms with Gasteiger partial charge in [-0.05, 0) is 19.1 Å². The molecule has 3 rings (SSSR count). The third kappa shape index (κ3) is 2.59. The summed E-state index contributed by atoms with van der Waals surface area (Å²) in [6.45, 7) is 2.50. The summed E-state index contributed by atoms with van der Waals surface area (Å²) in [7, 11) is 5.83. The number of aromatic nitrogens is 3. The molecule has 0 saturated carbocycles. The molecule has 3 heterocycles. The average Bonchev–Trinajstić information content (AvgIpc) is 3.08. The summed E-state index contributed by atoms with van der Waals surface area (Å²) in [6, 6.07) is 3.96. The van der Waals surface area contributed by atoms with Crippen LogP contribution >= 0.6 is 11.3 Å². The van der Waals surface area contributed by atoms with Crippen molar-refractivity contribution < 1.29 is 4.79 Å². The summed E-state index contributed by atoms with van der Waals surface area (Å²) in [6.07, 6.45) is 1.78. The molecule has 7 heteroatoms. The number of H-pyrrole nitrogens is 1. The minimum absolute atomic E-state index is 0.103. The highest BCUT2D eigenvalue weighted by Crippen LogP contribution is 2.25. The van der Waals surface area contributed by atoms with E-state index >= 15 is 0 Å². The van der Waals surface area contributed by atoms with Crippen molar-refractivity contribution in [1.82, 2.24) is 19.9 Å². The Bertz CT molecular complexity index is 795. The van der Waals surface area contributed by atoms with Gasteiger partial charge in [0.15, 0.2) is 0 Å². The van der Waals surface area contributed by atoms with Crippen molar-refractivity contribution in [3.05, 3.63) is 34.6 Å². The van der Waals surface area contributed by atoms with Gasteiger partial charge >= 0.3 is 0 Å². The predicted octanol–water partition coefficient (Wildman–Crippen LogP) is 2.27. The number of rotatable bonds is 4. The third-order valence-corrected chi connectivity index (χ3v) is 4.56. The first-order valence-electron chi connectivity index (χ1n) is 7.01. The van der Waals surface area contributed by atoms with E-state index in [0.717, 1.165) is 21.9 Å². The Hall–Kier alpha value is -2.28. The Morgan fingerprint density at radius 3 is 2.86 bits per heavy atom. The third-order valence-electron chi connectivity index (χ3n) is 3.56. The van der Waals surface area contributed by atoms with E-state index in [1.165, 1.54) is 4.88 Å². The molecule has 0 aliphatic rings. The Balaban J connectivity index is 1.70. The Labute approximate surface area is 132 Å². The molecule has 0 aliphatic heterocycles. The van der Waals surface area contributed by atoms with Gasteiger partial charge in [0.25, 0.3) is 5.91 Å². The minimum atomic E-state index is -0.103. The van der Waals surface area contributed by atoms with Gasteiger partial charge in [0, 0.05) is 26.0 Å². The lowest BCUT2D eigenvalue weighted by Crippen LogP contribution is -2.24. The highest BCUT2D eigenvalue weighted by atomic mass is 32.1. The number of hydrogen-bond acceptors (Lipinski definition) is 4. The molecular formula is C15H19N5OS. The zero-order valence-electron chi connectivity index (χ0n) is 13.1. The first-order valence-corrected chi connectivity index (χ1v) is 7.82. The molecule has 0 saturated heterocycles. The van der Waals surface area contributed by atoms with E-state index in [1.807, 2.05) is 36.7 Å². The topological polar surface area (TPSA) is 66.0 Å². The van der Waals surface area contributed by atoms with E-state index in [-0.39, 0.29) is 5.91 Å². The second-order valence-electron chi connectivity index (χ2n) is 5.50. The fourth-order valence-corrected chi connectivity index (χ4v) is 3.37. The van der Waals surface area contributed by atoms with E-state index in [2.05, 4.69) is 28.3 Å². The highest BCUT2D eigenvalue weighted by Gasteiger charge is 2.13. The van der Waals surface area contributed by atoms with E-state index < -0.39 is 0 Å². The number of amides is 1. The maximum absolute atomic E-state index is 12.2. The van der Waals surface area contributed by atoms with Crippen LogP contribution in [0.15, 0.2) is 18.3 Å². The van der Waals surface area contributed by atoms with Crippen molar-refractivity contribution in [2.24, 2.45) is 7.05 Å². The van der Waals surface area contributed by atoms with Gasteiger partial charge < -0.3 is 19.8 Å². The molecule has 3 aromatic heterocycles. The quantitative estimate of drug-likeness (QED) is 0.776. The van der Waals surface area contributed by atoms with Gasteiger partial charge in [-0.1, -0.05) is 0 Å². The van der Waals surface area contributed by atoms with Crippen molar-refractivity contribution in [2.75, 3.05) is 19.0 Å². The zero-order valence-corrected chi connectivity index (χ0v) is 13.9. The first kappa shape index (κ1) is 14.6. The molecule has 22 heavy (non-hydrogen) atoms. The number of hydrogen-bond donors (Lipinski definition) is 2. The Morgan fingerprint density at radius 1 is 1.45 bits per heavy atom. The van der Waals surface area contributed by atoms with Crippen molar-refractivity contribution in [2.45, 2.75) is 13.5 Å². The fourth-order valence-electron chi connectivity index (χ4n) is 2.45. The number of carbonyl (C=O) groups is 1. The lowest BCUT2D eigenvalue weighted by molar-refractivity contribution is 0.0946. The summed E-state index contributed by atoms with van der Waals surface area (Å²) >= 11 is 1.68. The SMILES string of the molecule is Cc1cc2[nH]c(C(=O)NCc3cnc(N(C)C)n3C)cc2s1. The van der Waals surface area contributed by atoms with E-state index in [1.54, 1.807) is 17.5 Å². The Morgan fingerprint density at radius 2 is 2.23 bits per heavy atom. The molecule has 0 atom stereocenters. The largest absolute Gasteiger partial charge is 0.350 e. The zero-order chi connectivity index (χ0) is 15.9. The van der Waals surface area contributed by atoms with Crippen LogP contribution < -0.4 is 10.2 Å². The monoisotopic (exact) mass is 317 g/mol. The van der Waals surface area contributed by atoms with Gasteiger partial charge in [-0.25, -0.2) is 4.98 Å². The normalized spacial score (nSPS) is 11.1. The number of aromatic amines is 1. The maximum atomic E-state index is 12.2. The van der Waals surface area contributed by atoms with Crippen LogP contribution in [0.4, 0.5) is 5.95 Å². The van der Waals surface area contributed by atoms with Crippen LogP contribution in [0.2, 0.25) is 0 Å². The van der Waals surface area contributed by atoms with E-state index in [4.69, 9.17) is 0 Å². The van der Waals surface area contributed by atoms with Crippen molar-refractivity contribution >= 4 is 33.4 Å². The number of carbonyl (C=O) groups excluding carboxylic acids is 1. The minimum Gasteiger partial charge on any atom is -0.350 e. The number of anilines is 1. The molecule has 0 radical (unpaired) electrons. The smallest absolute Gasteiger partial charge is 0.268 e. The van der Waals surface area contributed by atoms with Gasteiger partial charge in [-0.3, -0.25) is 4.79 Å². The second kappa shape index (κ2) is 5.49. The summed E-state index contributed by atoms with van der Waals surface area (Å²) in [5, 5.41) is 2.93. The molecule has 0 bridgehead atoms. The second-order valence-corrected chi connectivity index (χ2v) is 6.79. The van der Waals surface area contributed by atoms with E-state index in [9.17, 15) is 4.79 Å². The summed E-state index contributed by atoms with van der Waals surface area (Å²) in [4.78, 5) is 22.9. The van der Waals surface area contributed by atoms with Gasteiger partial charge in [0.2, 0.25) is 5.95 Å². The van der Waals surface area contributed by atoms with Crippen LogP contribution in [-0.4, -0.2) is 34.5 Å². The van der Waals surface area contributed by atoms with E-state index in [0.29, 0.717) is 12.2 Å². The van der Waals surface area contributed by atoms with Crippen LogP contribution in [0.1, 0.15) is 21.1 Å². The molecule has 0 aliphatic carbocycles. The molecule has 3 aromatic rings. The van der Waals surface area contributed by atoms with Crippen LogP contribution in [0.25, 0.3) is 10.2 Å². The number of nitrogens with one attached hydrogen (secondary N) is 2. The Kier molecular flexibility index (Phi) is 3.66. The highest BCUT2D eigenvalue weighted by molar-refractivity contribution is 7.19. The molecule has 0 spiro atoms. The van der Waals surface area contributed by atoms with Crippen LogP contribution in [0.5, 0.6) is 0 Å². The van der Waals surface area contributed by atoms with Gasteiger partial charge in [-0.2, -0.15) is 0 Å². The molecule has 0 fully saturated rings. The summed E-state index contributed by atoms with van der Waals surface area (Å²) < 4.78 is 3.08. The van der Waals surface area contributed by atoms with Crippen molar-refractivity contribution in [3.8, 4) is 0 Å². The van der Waals surface area contributed by atoms with Crippen LogP contribution in [0, 0.1) is 6.92 Å². The van der Waals surface area contributed by atoms with Crippen molar-refractivity contribution in [3.63, 3.8) is 0 Å². The van der Waals surface area contributed by atoms with Gasteiger partial charge in [-0.15, -0.1) is 11.3 Å². The molecule has 0 aromatic carbocycles. The molecule has 2 N–H and O–H groups in total. The molecule has 1 amide bonds. The van der Waals surface area contributed by atoms with Crippen molar-refractivity contribution in [1.29, 1.82) is 0 Å². The number of nitrogens with zero attached hydrogens (tertiary/aromatic N) is 3. The number of fused-ring (bicyclic) bond motifs is 1. The standard InChI is InChI=1S/C15H19N5OS/c1-9-5-11-13(22-9)6-12(18-11)14(21)16-7-10-8-17-15(19(2)3)20(10)4/h5-6,8,18H,7H2,1-4H3,(H,16,21). The number of thiophene rings is 1. The molecule has 0 unspecified atom stereocenters. The predicted molar refractivity (Wildman–Crippen MR) is 89.6 cm³/mol. The van der Waals surface area contributed by atoms with Gasteiger partial charge in [0.05, 0.1) is 28.7 Å². The maximum Gasteiger partial charge on any atom is 0.268 e. The number of imidazole rings is 1. The number of aryl methyl sites for hydroxylation is 1. The first-order chi connectivity index (χ1) is 10.5. The molecule has 116 valence electrons. The summed E-state index contributed by atoms with van der Waals surface area (Å²) in [5.41, 5.74) is 2.57. The molecular weight excluding hydrogens is 298 g/mol. The fraction of sp³-hybridized carbons (Fsp3) is 0.333. The van der Waals surface area contributed by atoms with Gasteiger partial charge in [0.1, 0.15) is 5.69 Å². The average molecular weight is 317 g/mol. The lowest BCUT2D eigenvalue weighted by Gasteiger charge is -2.12. The molecule has 6 nitrogen and oxygen atoms in total. The summed E-state index contributed by atoms with van der Waals surface area (Å²) in [5.74, 6) is 0.758. The van der Waals surface area contributed by atoms with Crippen LogP contribution in [0.3, 0.4) is 0 Å².